The summed E-state index contributed by atoms with van der Waals surface area (Å²) in [5, 5.41) is 10.2. The number of carbonyl (C=O) groups is 1. The molecule has 0 saturated heterocycles. The molecule has 0 unspecified atom stereocenters. The van der Waals surface area contributed by atoms with Crippen LogP contribution in [-0.4, -0.2) is 20.6 Å². The van der Waals surface area contributed by atoms with E-state index in [-0.39, 0.29) is 16.4 Å². The van der Waals surface area contributed by atoms with Gasteiger partial charge >= 0.3 is 5.97 Å². The average molecular weight is 323 g/mol. The number of benzene rings is 1. The van der Waals surface area contributed by atoms with E-state index in [0.29, 0.717) is 16.7 Å². The lowest BCUT2D eigenvalue weighted by Gasteiger charge is -2.09. The first kappa shape index (κ1) is 14.5. The number of fused-ring (bicyclic) bond motifs is 1. The molecule has 0 bridgehead atoms. The van der Waals surface area contributed by atoms with E-state index in [0.717, 1.165) is 0 Å². The molecule has 0 atom stereocenters. The Morgan fingerprint density at radius 3 is 2.45 bits per heavy atom. The van der Waals surface area contributed by atoms with Crippen LogP contribution in [0.15, 0.2) is 42.5 Å². The van der Waals surface area contributed by atoms with Crippen molar-refractivity contribution in [1.29, 1.82) is 0 Å². The smallest absolute Gasteiger partial charge is 0.352 e. The van der Waals surface area contributed by atoms with Gasteiger partial charge in [0.15, 0.2) is 0 Å². The molecule has 112 valence electrons. The van der Waals surface area contributed by atoms with Crippen LogP contribution < -0.4 is 0 Å². The summed E-state index contributed by atoms with van der Waals surface area (Å²) < 4.78 is 26.6. The van der Waals surface area contributed by atoms with E-state index >= 15 is 0 Å². The number of aromatic carboxylic acids is 1. The van der Waals surface area contributed by atoms with Crippen LogP contribution in [0, 0.1) is 0 Å². The second-order valence-corrected chi connectivity index (χ2v) is 5.00. The number of halogens is 3. The van der Waals surface area contributed by atoms with Gasteiger partial charge in [-0.05, 0) is 30.3 Å². The highest BCUT2D eigenvalue weighted by atomic mass is 35.5. The van der Waals surface area contributed by atoms with Gasteiger partial charge in [0.1, 0.15) is 16.5 Å². The molecule has 7 heteroatoms. The molecule has 0 fully saturated rings. The highest BCUT2D eigenvalue weighted by Gasteiger charge is 2.18. The number of carboxylic acids is 1. The normalized spacial score (nSPS) is 11.3. The highest BCUT2D eigenvalue weighted by Crippen LogP contribution is 2.26. The van der Waals surface area contributed by atoms with Gasteiger partial charge in [-0.15, -0.1) is 0 Å². The monoisotopic (exact) mass is 322 g/mol. The molecule has 22 heavy (non-hydrogen) atoms. The summed E-state index contributed by atoms with van der Waals surface area (Å²) >= 11 is 5.86. The van der Waals surface area contributed by atoms with Gasteiger partial charge in [0.05, 0.1) is 0 Å². The van der Waals surface area contributed by atoms with Crippen molar-refractivity contribution >= 4 is 28.6 Å². The number of hydrogen-bond donors (Lipinski definition) is 1. The third kappa shape index (κ3) is 2.42. The van der Waals surface area contributed by atoms with E-state index in [9.17, 15) is 18.7 Å². The molecule has 2 heterocycles. The lowest BCUT2D eigenvalue weighted by molar-refractivity contribution is 0.0688. The van der Waals surface area contributed by atoms with Gasteiger partial charge < -0.3 is 5.11 Å². The van der Waals surface area contributed by atoms with Crippen LogP contribution in [0.5, 0.6) is 0 Å². The first-order valence-electron chi connectivity index (χ1n) is 6.27. The lowest BCUT2D eigenvalue weighted by atomic mass is 10.2. The van der Waals surface area contributed by atoms with Gasteiger partial charge in [0.2, 0.25) is 0 Å². The van der Waals surface area contributed by atoms with Crippen LogP contribution in [0.4, 0.5) is 8.78 Å². The first-order valence-corrected chi connectivity index (χ1v) is 6.65. The maximum atomic E-state index is 12.6. The van der Waals surface area contributed by atoms with Gasteiger partial charge in [-0.2, -0.15) is 0 Å². The van der Waals surface area contributed by atoms with Crippen LogP contribution in [0.1, 0.15) is 22.5 Å². The molecule has 2 aromatic heterocycles. The zero-order valence-electron chi connectivity index (χ0n) is 11.0. The molecule has 0 aliphatic carbocycles. The summed E-state index contributed by atoms with van der Waals surface area (Å²) in [7, 11) is 0. The number of nitrogens with zero attached hydrogens (tertiary/aromatic N) is 2. The highest BCUT2D eigenvalue weighted by molar-refractivity contribution is 6.29. The topological polar surface area (TPSA) is 55.1 Å². The fourth-order valence-electron chi connectivity index (χ4n) is 2.24. The Labute approximate surface area is 128 Å². The second kappa shape index (κ2) is 5.38. The number of carboxylic acid groups (broad SMARTS) is 1. The predicted molar refractivity (Wildman–Crippen MR) is 78.0 cm³/mol. The van der Waals surface area contributed by atoms with Crippen molar-refractivity contribution in [3.8, 4) is 5.69 Å². The maximum absolute atomic E-state index is 12.6. The van der Waals surface area contributed by atoms with Gasteiger partial charge in [-0.3, -0.25) is 4.57 Å². The number of aromatic nitrogens is 2. The largest absolute Gasteiger partial charge is 0.477 e. The second-order valence-electron chi connectivity index (χ2n) is 4.61. The van der Waals surface area contributed by atoms with E-state index in [4.69, 9.17) is 11.6 Å². The third-order valence-corrected chi connectivity index (χ3v) is 3.45. The minimum absolute atomic E-state index is 0.0189. The van der Waals surface area contributed by atoms with E-state index in [1.165, 1.54) is 34.9 Å². The van der Waals surface area contributed by atoms with Crippen molar-refractivity contribution < 1.29 is 18.7 Å². The van der Waals surface area contributed by atoms with Crippen molar-refractivity contribution in [3.63, 3.8) is 0 Å². The summed E-state index contributed by atoms with van der Waals surface area (Å²) in [6, 6.07) is 10.0. The third-order valence-electron chi connectivity index (χ3n) is 3.24. The molecule has 1 N–H and O–H groups in total. The van der Waals surface area contributed by atoms with Crippen molar-refractivity contribution in [2.24, 2.45) is 0 Å². The van der Waals surface area contributed by atoms with E-state index in [2.05, 4.69) is 4.98 Å². The summed E-state index contributed by atoms with van der Waals surface area (Å²) in [5.74, 6) is -1.15. The zero-order chi connectivity index (χ0) is 15.9. The average Bonchev–Trinajstić information content (AvgIpc) is 2.86. The molecule has 0 radical (unpaired) electrons. The Bertz CT molecular complexity index is 860. The molecule has 4 nitrogen and oxygen atoms in total. The van der Waals surface area contributed by atoms with E-state index < -0.39 is 12.4 Å². The van der Waals surface area contributed by atoms with Crippen molar-refractivity contribution in [1.82, 2.24) is 9.55 Å². The number of pyridine rings is 1. The number of rotatable bonds is 3. The molecule has 0 aliphatic rings. The van der Waals surface area contributed by atoms with Gasteiger partial charge in [-0.1, -0.05) is 23.7 Å². The molecule has 0 saturated carbocycles. The molecular weight excluding hydrogens is 314 g/mol. The predicted octanol–water partition coefficient (Wildman–Crippen LogP) is 4.31. The quantitative estimate of drug-likeness (QED) is 0.731. The van der Waals surface area contributed by atoms with Crippen LogP contribution in [0.3, 0.4) is 0 Å². The molecule has 0 aliphatic heterocycles. The Balaban J connectivity index is 2.25. The molecular formula is C15H9ClF2N2O2. The van der Waals surface area contributed by atoms with Crippen molar-refractivity contribution in [2.45, 2.75) is 6.43 Å². The summed E-state index contributed by atoms with van der Waals surface area (Å²) in [5.41, 5.74) is 0.624. The molecule has 0 amide bonds. The zero-order valence-corrected chi connectivity index (χ0v) is 11.8. The molecule has 1 aromatic carbocycles. The Hall–Kier alpha value is -2.47. The van der Waals surface area contributed by atoms with E-state index in [1.54, 1.807) is 12.1 Å². The summed E-state index contributed by atoms with van der Waals surface area (Å²) in [6.45, 7) is 0. The van der Waals surface area contributed by atoms with Crippen molar-refractivity contribution in [2.75, 3.05) is 0 Å². The van der Waals surface area contributed by atoms with Gasteiger partial charge in [0.25, 0.3) is 6.43 Å². The Morgan fingerprint density at radius 2 is 1.86 bits per heavy atom. The Morgan fingerprint density at radius 1 is 1.18 bits per heavy atom. The van der Waals surface area contributed by atoms with E-state index in [1.807, 2.05) is 0 Å². The van der Waals surface area contributed by atoms with Crippen molar-refractivity contribution in [3.05, 3.63) is 58.9 Å². The first-order chi connectivity index (χ1) is 10.5. The minimum atomic E-state index is -2.58. The lowest BCUT2D eigenvalue weighted by Crippen LogP contribution is -2.07. The van der Waals surface area contributed by atoms with Gasteiger partial charge in [0, 0.05) is 16.6 Å². The van der Waals surface area contributed by atoms with Crippen LogP contribution in [0.25, 0.3) is 16.7 Å². The molecule has 0 spiro atoms. The fourth-order valence-corrected chi connectivity index (χ4v) is 2.38. The summed E-state index contributed by atoms with van der Waals surface area (Å²) in [4.78, 5) is 15.6. The number of hydrogen-bond acceptors (Lipinski definition) is 2. The fraction of sp³-hybridized carbons (Fsp3) is 0.0667. The maximum Gasteiger partial charge on any atom is 0.352 e. The SMILES string of the molecule is O=C(O)c1cc2ccc(Cl)nc2n1-c1ccc(C(F)F)cc1. The van der Waals surface area contributed by atoms with Crippen LogP contribution >= 0.6 is 11.6 Å². The Kier molecular flexibility index (Phi) is 3.54. The van der Waals surface area contributed by atoms with Crippen LogP contribution in [-0.2, 0) is 0 Å². The molecule has 3 rings (SSSR count). The number of alkyl halides is 2. The standard InChI is InChI=1S/C15H9ClF2N2O2/c16-12-6-3-9-7-11(15(21)22)20(14(9)19-12)10-4-1-8(2-5-10)13(17)18/h1-7,13H,(H,21,22). The minimum Gasteiger partial charge on any atom is -0.477 e. The summed E-state index contributed by atoms with van der Waals surface area (Å²) in [6.07, 6.45) is -2.58. The molecule has 3 aromatic rings. The van der Waals surface area contributed by atoms with Crippen LogP contribution in [0.2, 0.25) is 5.15 Å². The van der Waals surface area contributed by atoms with Gasteiger partial charge in [-0.25, -0.2) is 18.6 Å².